The molecule has 3 N–H and O–H groups in total. The van der Waals surface area contributed by atoms with Crippen molar-refractivity contribution in [3.05, 3.63) is 68.2 Å². The molecule has 5 rings (SSSR count). The van der Waals surface area contributed by atoms with Crippen molar-refractivity contribution >= 4 is 28.4 Å². The fraction of sp³-hybridized carbons (Fsp3) is 0.517. The van der Waals surface area contributed by atoms with Crippen LogP contribution in [0.25, 0.3) is 10.9 Å². The monoisotopic (exact) mass is 524 g/mol. The summed E-state index contributed by atoms with van der Waals surface area (Å²) in [7, 11) is 0. The molecular weight excluding hydrogens is 488 g/mol. The molecule has 2 aromatic heterocycles. The number of hydrogen-bond acceptors (Lipinski definition) is 4. The number of halogens is 1. The van der Waals surface area contributed by atoms with Gasteiger partial charge in [-0.1, -0.05) is 29.8 Å². The molecule has 1 aliphatic carbocycles. The molecule has 3 aromatic rings. The quantitative estimate of drug-likeness (QED) is 0.404. The molecule has 1 saturated carbocycles. The standard InChI is InChI=1S/C29H37ClN4O3/c1-17-13-24(30)23(27(35)32-17)14-31-28(36)26-19(3)34(25-8-6-5-7-22(25)26)18(2)20-9-11-21(12-10-20)33-29(4)15-37-16-29/h5-8,13,18,20-21,33H,9-12,14-16H2,1-4H3,(H,31,36)(H,32,35)/t18-,20?,21?/m1/s1. The van der Waals surface area contributed by atoms with Crippen LogP contribution in [0.2, 0.25) is 5.02 Å². The van der Waals surface area contributed by atoms with Crippen LogP contribution in [0.5, 0.6) is 0 Å². The van der Waals surface area contributed by atoms with Gasteiger partial charge < -0.3 is 24.9 Å². The highest BCUT2D eigenvalue weighted by Gasteiger charge is 2.37. The van der Waals surface area contributed by atoms with E-state index in [9.17, 15) is 9.59 Å². The molecule has 37 heavy (non-hydrogen) atoms. The third kappa shape index (κ3) is 5.09. The minimum atomic E-state index is -0.276. The van der Waals surface area contributed by atoms with Crippen molar-refractivity contribution in [2.75, 3.05) is 13.2 Å². The molecule has 8 heteroatoms. The molecule has 2 aliphatic rings. The van der Waals surface area contributed by atoms with Crippen molar-refractivity contribution < 1.29 is 9.53 Å². The zero-order valence-electron chi connectivity index (χ0n) is 22.1. The van der Waals surface area contributed by atoms with Crippen LogP contribution in [0.1, 0.15) is 72.9 Å². The van der Waals surface area contributed by atoms with E-state index in [4.69, 9.17) is 16.3 Å². The van der Waals surface area contributed by atoms with Crippen molar-refractivity contribution in [2.24, 2.45) is 5.92 Å². The SMILES string of the molecule is Cc1cc(Cl)c(CNC(=O)c2c(C)n([C@H](C)C3CCC(NC4(C)COC4)CC3)c3ccccc23)c(=O)[nH]1. The predicted octanol–water partition coefficient (Wildman–Crippen LogP) is 5.03. The molecular formula is C29H37ClN4O3. The van der Waals surface area contributed by atoms with Crippen LogP contribution < -0.4 is 16.2 Å². The topological polar surface area (TPSA) is 88.2 Å². The number of carbonyl (C=O) groups excluding carboxylic acids is 1. The van der Waals surface area contributed by atoms with E-state index in [2.05, 4.69) is 40.1 Å². The number of para-hydroxylation sites is 1. The first-order valence-corrected chi connectivity index (χ1v) is 13.7. The molecule has 0 unspecified atom stereocenters. The molecule has 0 bridgehead atoms. The molecule has 2 fully saturated rings. The van der Waals surface area contributed by atoms with Gasteiger partial charge in [0.25, 0.3) is 11.5 Å². The van der Waals surface area contributed by atoms with Gasteiger partial charge in [-0.15, -0.1) is 0 Å². The first-order valence-electron chi connectivity index (χ1n) is 13.3. The van der Waals surface area contributed by atoms with E-state index in [1.165, 1.54) is 0 Å². The minimum absolute atomic E-state index is 0.0722. The average molecular weight is 525 g/mol. The number of aryl methyl sites for hydroxylation is 1. The Morgan fingerprint density at radius 3 is 2.57 bits per heavy atom. The van der Waals surface area contributed by atoms with Gasteiger partial charge in [0.15, 0.2) is 0 Å². The van der Waals surface area contributed by atoms with E-state index < -0.39 is 0 Å². The van der Waals surface area contributed by atoms with Gasteiger partial charge >= 0.3 is 0 Å². The van der Waals surface area contributed by atoms with Gasteiger partial charge in [0.05, 0.1) is 41.4 Å². The summed E-state index contributed by atoms with van der Waals surface area (Å²) < 4.78 is 7.75. The van der Waals surface area contributed by atoms with E-state index in [0.29, 0.717) is 33.8 Å². The third-order valence-corrected chi connectivity index (χ3v) is 8.62. The number of amides is 1. The van der Waals surface area contributed by atoms with Crippen LogP contribution in [-0.2, 0) is 11.3 Å². The van der Waals surface area contributed by atoms with Gasteiger partial charge in [-0.3, -0.25) is 9.59 Å². The van der Waals surface area contributed by atoms with Crippen molar-refractivity contribution in [1.82, 2.24) is 20.2 Å². The number of carbonyl (C=O) groups is 1. The van der Waals surface area contributed by atoms with Crippen molar-refractivity contribution in [1.29, 1.82) is 0 Å². The lowest BCUT2D eigenvalue weighted by Crippen LogP contribution is -2.61. The number of nitrogens with one attached hydrogen (secondary N) is 3. The summed E-state index contributed by atoms with van der Waals surface area (Å²) in [6.45, 7) is 10.0. The lowest BCUT2D eigenvalue weighted by Gasteiger charge is -2.44. The first-order chi connectivity index (χ1) is 17.7. The number of H-pyrrole nitrogens is 1. The number of rotatable bonds is 7. The van der Waals surface area contributed by atoms with Gasteiger partial charge in [-0.2, -0.15) is 0 Å². The van der Waals surface area contributed by atoms with E-state index in [-0.39, 0.29) is 29.6 Å². The maximum Gasteiger partial charge on any atom is 0.254 e. The molecule has 0 spiro atoms. The second-order valence-corrected chi connectivity index (χ2v) is 11.6. The average Bonchev–Trinajstić information content (AvgIpc) is 3.14. The number of ether oxygens (including phenoxy) is 1. The first kappa shape index (κ1) is 26.0. The number of benzene rings is 1. The molecule has 198 valence electrons. The van der Waals surface area contributed by atoms with Gasteiger partial charge in [0, 0.05) is 34.4 Å². The normalized spacial score (nSPS) is 22.0. The lowest BCUT2D eigenvalue weighted by molar-refractivity contribution is -0.0719. The van der Waals surface area contributed by atoms with Crippen LogP contribution >= 0.6 is 11.6 Å². The summed E-state index contributed by atoms with van der Waals surface area (Å²) in [6.07, 6.45) is 4.61. The predicted molar refractivity (Wildman–Crippen MR) is 147 cm³/mol. The summed E-state index contributed by atoms with van der Waals surface area (Å²) in [5, 5.41) is 8.05. The van der Waals surface area contributed by atoms with Crippen molar-refractivity contribution in [3.63, 3.8) is 0 Å². The van der Waals surface area contributed by atoms with Crippen LogP contribution in [0.4, 0.5) is 0 Å². The van der Waals surface area contributed by atoms with Crippen molar-refractivity contribution in [3.8, 4) is 0 Å². The molecule has 1 amide bonds. The second-order valence-electron chi connectivity index (χ2n) is 11.2. The molecule has 1 atom stereocenters. The smallest absolute Gasteiger partial charge is 0.254 e. The maximum atomic E-state index is 13.5. The Labute approximate surface area is 222 Å². The zero-order chi connectivity index (χ0) is 26.3. The van der Waals surface area contributed by atoms with Gasteiger partial charge in [-0.05, 0) is 71.4 Å². The Morgan fingerprint density at radius 2 is 1.92 bits per heavy atom. The van der Waals surface area contributed by atoms with Gasteiger partial charge in [0.1, 0.15) is 0 Å². The molecule has 0 radical (unpaired) electrons. The van der Waals surface area contributed by atoms with Crippen LogP contribution in [-0.4, -0.2) is 40.3 Å². The molecule has 1 saturated heterocycles. The minimum Gasteiger partial charge on any atom is -0.377 e. The highest BCUT2D eigenvalue weighted by atomic mass is 35.5. The summed E-state index contributed by atoms with van der Waals surface area (Å²) in [5.41, 5.74) is 3.60. The molecule has 3 heterocycles. The van der Waals surface area contributed by atoms with E-state index in [1.807, 2.05) is 25.1 Å². The summed E-state index contributed by atoms with van der Waals surface area (Å²) in [4.78, 5) is 28.6. The van der Waals surface area contributed by atoms with Crippen LogP contribution in [0.3, 0.4) is 0 Å². The Bertz CT molecular complexity index is 1370. The van der Waals surface area contributed by atoms with Crippen LogP contribution in [0.15, 0.2) is 35.1 Å². The van der Waals surface area contributed by atoms with E-state index >= 15 is 0 Å². The Hall–Kier alpha value is -2.61. The number of aromatic nitrogens is 2. The van der Waals surface area contributed by atoms with E-state index in [0.717, 1.165) is 55.5 Å². The Morgan fingerprint density at radius 1 is 1.22 bits per heavy atom. The lowest BCUT2D eigenvalue weighted by atomic mass is 9.81. The summed E-state index contributed by atoms with van der Waals surface area (Å²) in [5.74, 6) is 0.346. The zero-order valence-corrected chi connectivity index (χ0v) is 22.9. The Balaban J connectivity index is 1.35. The third-order valence-electron chi connectivity index (χ3n) is 8.28. The number of nitrogens with zero attached hydrogens (tertiary/aromatic N) is 1. The van der Waals surface area contributed by atoms with Gasteiger partial charge in [0.2, 0.25) is 0 Å². The fourth-order valence-corrected chi connectivity index (χ4v) is 6.56. The maximum absolute atomic E-state index is 13.5. The number of aromatic amines is 1. The number of fused-ring (bicyclic) bond motifs is 1. The van der Waals surface area contributed by atoms with Gasteiger partial charge in [-0.25, -0.2) is 0 Å². The fourth-order valence-electron chi connectivity index (χ4n) is 6.24. The van der Waals surface area contributed by atoms with E-state index in [1.54, 1.807) is 13.0 Å². The molecule has 1 aliphatic heterocycles. The summed E-state index contributed by atoms with van der Waals surface area (Å²) >= 11 is 6.29. The van der Waals surface area contributed by atoms with Crippen LogP contribution in [0, 0.1) is 19.8 Å². The molecule has 7 nitrogen and oxygen atoms in total. The molecule has 1 aromatic carbocycles. The number of hydrogen-bond donors (Lipinski definition) is 3. The van der Waals surface area contributed by atoms with Crippen molar-refractivity contribution in [2.45, 2.75) is 77.5 Å². The second kappa shape index (κ2) is 10.3. The highest BCUT2D eigenvalue weighted by molar-refractivity contribution is 6.31. The highest BCUT2D eigenvalue weighted by Crippen LogP contribution is 2.38. The largest absolute Gasteiger partial charge is 0.377 e. The Kier molecular flexibility index (Phi) is 7.22. The number of pyridine rings is 1. The summed E-state index contributed by atoms with van der Waals surface area (Å²) in [6, 6.07) is 10.6.